The number of hydrogen-bond donors (Lipinski definition) is 2. The number of furan rings is 1. The van der Waals surface area contributed by atoms with E-state index in [-0.39, 0.29) is 23.9 Å². The van der Waals surface area contributed by atoms with Gasteiger partial charge in [0.15, 0.2) is 0 Å². The predicted molar refractivity (Wildman–Crippen MR) is 60.8 cm³/mol. The maximum Gasteiger partial charge on any atom is 0.225 e. The summed E-state index contributed by atoms with van der Waals surface area (Å²) in [5.41, 5.74) is 0. The second-order valence-corrected chi connectivity index (χ2v) is 4.38. The lowest BCUT2D eigenvalue weighted by Crippen LogP contribution is -2.37. The van der Waals surface area contributed by atoms with Crippen molar-refractivity contribution in [1.29, 1.82) is 0 Å². The molecule has 3 unspecified atom stereocenters. The summed E-state index contributed by atoms with van der Waals surface area (Å²) in [5, 5.41) is 6.26. The van der Waals surface area contributed by atoms with Crippen molar-refractivity contribution < 1.29 is 9.21 Å². The molecule has 4 heteroatoms. The fourth-order valence-corrected chi connectivity index (χ4v) is 2.15. The lowest BCUT2D eigenvalue weighted by Gasteiger charge is -2.18. The van der Waals surface area contributed by atoms with Gasteiger partial charge >= 0.3 is 0 Å². The summed E-state index contributed by atoms with van der Waals surface area (Å²) in [6, 6.07) is 3.91. The topological polar surface area (TPSA) is 54.3 Å². The van der Waals surface area contributed by atoms with Crippen molar-refractivity contribution in [1.82, 2.24) is 10.6 Å². The molecule has 1 aromatic heterocycles. The molecule has 0 radical (unpaired) electrons. The molecular weight excluding hydrogens is 204 g/mol. The molecule has 1 aliphatic heterocycles. The summed E-state index contributed by atoms with van der Waals surface area (Å²) in [6.45, 7) is 4.91. The average molecular weight is 222 g/mol. The predicted octanol–water partition coefficient (Wildman–Crippen LogP) is 1.45. The van der Waals surface area contributed by atoms with Crippen LogP contribution in [-0.2, 0) is 4.79 Å². The van der Waals surface area contributed by atoms with Crippen LogP contribution < -0.4 is 10.6 Å². The number of amides is 1. The molecule has 4 nitrogen and oxygen atoms in total. The zero-order chi connectivity index (χ0) is 11.5. The maximum atomic E-state index is 12.0. The van der Waals surface area contributed by atoms with Gasteiger partial charge in [0.05, 0.1) is 18.2 Å². The molecular formula is C12H18N2O2. The third-order valence-corrected chi connectivity index (χ3v) is 3.19. The van der Waals surface area contributed by atoms with Crippen LogP contribution in [0.1, 0.15) is 32.1 Å². The molecule has 0 bridgehead atoms. The van der Waals surface area contributed by atoms with E-state index < -0.39 is 0 Å². The Hall–Kier alpha value is -1.29. The molecule has 3 atom stereocenters. The highest BCUT2D eigenvalue weighted by atomic mass is 16.3. The molecule has 2 heterocycles. The smallest absolute Gasteiger partial charge is 0.225 e. The first kappa shape index (κ1) is 11.2. The van der Waals surface area contributed by atoms with E-state index in [1.807, 2.05) is 19.1 Å². The molecule has 1 aliphatic rings. The van der Waals surface area contributed by atoms with Crippen LogP contribution in [0.5, 0.6) is 0 Å². The van der Waals surface area contributed by atoms with E-state index in [9.17, 15) is 4.79 Å². The van der Waals surface area contributed by atoms with E-state index in [4.69, 9.17) is 4.42 Å². The Morgan fingerprint density at radius 2 is 2.50 bits per heavy atom. The standard InChI is InChI=1S/C12H18N2O2/c1-8-10(5-6-13-8)12(15)14-9(2)11-4-3-7-16-11/h3-4,7-10,13H,5-6H2,1-2H3,(H,14,15). The summed E-state index contributed by atoms with van der Waals surface area (Å²) in [5.74, 6) is 0.991. The first-order valence-electron chi connectivity index (χ1n) is 5.75. The summed E-state index contributed by atoms with van der Waals surface area (Å²) in [7, 11) is 0. The normalized spacial score (nSPS) is 26.6. The zero-order valence-electron chi connectivity index (χ0n) is 9.69. The van der Waals surface area contributed by atoms with Gasteiger partial charge in [-0.05, 0) is 38.9 Å². The summed E-state index contributed by atoms with van der Waals surface area (Å²) in [4.78, 5) is 12.0. The molecule has 1 aromatic rings. The van der Waals surface area contributed by atoms with Crippen LogP contribution in [0.15, 0.2) is 22.8 Å². The number of hydrogen-bond acceptors (Lipinski definition) is 3. The van der Waals surface area contributed by atoms with Crippen LogP contribution in [0.2, 0.25) is 0 Å². The molecule has 1 saturated heterocycles. The fraction of sp³-hybridized carbons (Fsp3) is 0.583. The van der Waals surface area contributed by atoms with Crippen LogP contribution in [0.3, 0.4) is 0 Å². The van der Waals surface area contributed by atoms with Gasteiger partial charge in [-0.15, -0.1) is 0 Å². The van der Waals surface area contributed by atoms with Crippen LogP contribution in [0.4, 0.5) is 0 Å². The van der Waals surface area contributed by atoms with Crippen molar-refractivity contribution in [2.45, 2.75) is 32.4 Å². The van der Waals surface area contributed by atoms with E-state index in [2.05, 4.69) is 17.6 Å². The van der Waals surface area contributed by atoms with Crippen molar-refractivity contribution in [2.75, 3.05) is 6.54 Å². The summed E-state index contributed by atoms with van der Waals surface area (Å²) < 4.78 is 5.26. The first-order valence-corrected chi connectivity index (χ1v) is 5.75. The van der Waals surface area contributed by atoms with E-state index in [0.717, 1.165) is 18.7 Å². The molecule has 88 valence electrons. The third-order valence-electron chi connectivity index (χ3n) is 3.19. The van der Waals surface area contributed by atoms with Crippen molar-refractivity contribution in [3.63, 3.8) is 0 Å². The van der Waals surface area contributed by atoms with Gasteiger partial charge in [0.2, 0.25) is 5.91 Å². The Kier molecular flexibility index (Phi) is 3.29. The maximum absolute atomic E-state index is 12.0. The highest BCUT2D eigenvalue weighted by molar-refractivity contribution is 5.80. The molecule has 0 aliphatic carbocycles. The monoisotopic (exact) mass is 222 g/mol. The summed E-state index contributed by atoms with van der Waals surface area (Å²) >= 11 is 0. The van der Waals surface area contributed by atoms with Gasteiger partial charge in [0, 0.05) is 6.04 Å². The minimum Gasteiger partial charge on any atom is -0.467 e. The van der Waals surface area contributed by atoms with Crippen molar-refractivity contribution in [3.8, 4) is 0 Å². The number of carbonyl (C=O) groups excluding carboxylic acids is 1. The van der Waals surface area contributed by atoms with E-state index in [1.165, 1.54) is 0 Å². The minimum absolute atomic E-state index is 0.0599. The Bertz CT molecular complexity index is 348. The quantitative estimate of drug-likeness (QED) is 0.814. The van der Waals surface area contributed by atoms with Crippen LogP contribution in [0.25, 0.3) is 0 Å². The third kappa shape index (κ3) is 2.27. The Morgan fingerprint density at radius 1 is 1.69 bits per heavy atom. The number of carbonyl (C=O) groups is 1. The van der Waals surface area contributed by atoms with Crippen LogP contribution in [-0.4, -0.2) is 18.5 Å². The average Bonchev–Trinajstić information content (AvgIpc) is 2.86. The molecule has 1 fully saturated rings. The van der Waals surface area contributed by atoms with E-state index >= 15 is 0 Å². The number of nitrogens with one attached hydrogen (secondary N) is 2. The molecule has 0 aromatic carbocycles. The van der Waals surface area contributed by atoms with Gasteiger partial charge in [-0.1, -0.05) is 0 Å². The van der Waals surface area contributed by atoms with Gasteiger partial charge in [-0.3, -0.25) is 4.79 Å². The lowest BCUT2D eigenvalue weighted by atomic mass is 10.0. The molecule has 2 N–H and O–H groups in total. The summed E-state index contributed by atoms with van der Waals surface area (Å²) in [6.07, 6.45) is 2.54. The van der Waals surface area contributed by atoms with Crippen molar-refractivity contribution >= 4 is 5.91 Å². The van der Waals surface area contributed by atoms with Crippen molar-refractivity contribution in [3.05, 3.63) is 24.2 Å². The Balaban J connectivity index is 1.92. The molecule has 0 spiro atoms. The molecule has 0 saturated carbocycles. The van der Waals surface area contributed by atoms with Gasteiger partial charge < -0.3 is 15.1 Å². The minimum atomic E-state index is -0.0599. The van der Waals surface area contributed by atoms with E-state index in [0.29, 0.717) is 0 Å². The number of rotatable bonds is 3. The molecule has 16 heavy (non-hydrogen) atoms. The van der Waals surface area contributed by atoms with Gasteiger partial charge in [0.1, 0.15) is 5.76 Å². The van der Waals surface area contributed by atoms with E-state index in [1.54, 1.807) is 6.26 Å². The highest BCUT2D eigenvalue weighted by Gasteiger charge is 2.30. The second kappa shape index (κ2) is 4.70. The van der Waals surface area contributed by atoms with Gasteiger partial charge in [0.25, 0.3) is 0 Å². The first-order chi connectivity index (χ1) is 7.68. The van der Waals surface area contributed by atoms with Gasteiger partial charge in [-0.25, -0.2) is 0 Å². The second-order valence-electron chi connectivity index (χ2n) is 4.38. The fourth-order valence-electron chi connectivity index (χ4n) is 2.15. The van der Waals surface area contributed by atoms with Crippen LogP contribution in [0, 0.1) is 5.92 Å². The van der Waals surface area contributed by atoms with Crippen LogP contribution >= 0.6 is 0 Å². The molecule has 1 amide bonds. The van der Waals surface area contributed by atoms with Gasteiger partial charge in [-0.2, -0.15) is 0 Å². The Labute approximate surface area is 95.4 Å². The SMILES string of the molecule is CC(NC(=O)C1CCNC1C)c1ccco1. The lowest BCUT2D eigenvalue weighted by molar-refractivity contribution is -0.125. The molecule has 2 rings (SSSR count). The highest BCUT2D eigenvalue weighted by Crippen LogP contribution is 2.18. The largest absolute Gasteiger partial charge is 0.467 e. The Morgan fingerprint density at radius 3 is 3.06 bits per heavy atom. The zero-order valence-corrected chi connectivity index (χ0v) is 9.69. The van der Waals surface area contributed by atoms with Crippen molar-refractivity contribution in [2.24, 2.45) is 5.92 Å².